The number of nitrogens with zero attached hydrogens (tertiary/aromatic N) is 1. The Labute approximate surface area is 93.6 Å². The van der Waals surface area contributed by atoms with Gasteiger partial charge in [0, 0.05) is 17.5 Å². The summed E-state index contributed by atoms with van der Waals surface area (Å²) in [5, 5.41) is 5.16. The summed E-state index contributed by atoms with van der Waals surface area (Å²) in [4.78, 5) is 0. The quantitative estimate of drug-likeness (QED) is 0.625. The van der Waals surface area contributed by atoms with E-state index in [1.807, 2.05) is 0 Å². The summed E-state index contributed by atoms with van der Waals surface area (Å²) in [6.07, 6.45) is 8.83. The third-order valence-corrected chi connectivity index (χ3v) is 3.31. The molecule has 0 amide bonds. The van der Waals surface area contributed by atoms with Crippen LogP contribution in [0.1, 0.15) is 58.8 Å². The molecular weight excluding hydrogens is 194 g/mol. The lowest BCUT2D eigenvalue weighted by atomic mass is 10.0. The van der Waals surface area contributed by atoms with Gasteiger partial charge in [0.1, 0.15) is 0 Å². The van der Waals surface area contributed by atoms with E-state index in [1.54, 1.807) is 0 Å². The standard InChI is InChI=1S/C12H23ClN/c1-10(2)14-12-7-5-3-4-6-11(13)8-9-12/h10-12H,3-9H2,1-2H3. The highest BCUT2D eigenvalue weighted by Crippen LogP contribution is 2.21. The molecule has 83 valence electrons. The molecule has 0 aromatic heterocycles. The molecule has 2 unspecified atom stereocenters. The molecule has 1 nitrogen and oxygen atoms in total. The summed E-state index contributed by atoms with van der Waals surface area (Å²) < 4.78 is 0. The van der Waals surface area contributed by atoms with Crippen LogP contribution in [0.15, 0.2) is 0 Å². The van der Waals surface area contributed by atoms with Gasteiger partial charge in [-0.25, -0.2) is 5.32 Å². The molecule has 0 aromatic carbocycles. The molecule has 1 aliphatic carbocycles. The maximum Gasteiger partial charge on any atom is 0.0336 e. The molecule has 0 N–H and O–H groups in total. The van der Waals surface area contributed by atoms with E-state index in [1.165, 1.54) is 38.5 Å². The molecule has 0 aromatic rings. The van der Waals surface area contributed by atoms with Crippen LogP contribution < -0.4 is 5.32 Å². The van der Waals surface area contributed by atoms with Gasteiger partial charge in [-0.3, -0.25) is 0 Å². The van der Waals surface area contributed by atoms with E-state index < -0.39 is 0 Å². The number of hydrogen-bond donors (Lipinski definition) is 0. The largest absolute Gasteiger partial charge is 0.236 e. The van der Waals surface area contributed by atoms with E-state index in [0.717, 1.165) is 6.42 Å². The van der Waals surface area contributed by atoms with Crippen LogP contribution in [0.25, 0.3) is 0 Å². The fourth-order valence-electron chi connectivity index (χ4n) is 2.16. The highest BCUT2D eigenvalue weighted by Gasteiger charge is 2.15. The zero-order valence-corrected chi connectivity index (χ0v) is 10.3. The Balaban J connectivity index is 2.32. The third kappa shape index (κ3) is 5.21. The molecule has 2 heteroatoms. The maximum absolute atomic E-state index is 6.23. The Morgan fingerprint density at radius 1 is 1.00 bits per heavy atom. The molecule has 1 aliphatic rings. The number of halogens is 1. The van der Waals surface area contributed by atoms with E-state index in [-0.39, 0.29) is 0 Å². The van der Waals surface area contributed by atoms with Crippen molar-refractivity contribution in [3.63, 3.8) is 0 Å². The third-order valence-electron chi connectivity index (χ3n) is 2.88. The Hall–Kier alpha value is 0.250. The molecule has 0 heterocycles. The predicted molar refractivity (Wildman–Crippen MR) is 63.0 cm³/mol. The van der Waals surface area contributed by atoms with Crippen molar-refractivity contribution in [2.45, 2.75) is 76.3 Å². The molecule has 1 rings (SSSR count). The van der Waals surface area contributed by atoms with Crippen molar-refractivity contribution >= 4 is 11.6 Å². The van der Waals surface area contributed by atoms with Gasteiger partial charge in [-0.05, 0) is 39.5 Å². The molecule has 14 heavy (non-hydrogen) atoms. The van der Waals surface area contributed by atoms with Crippen molar-refractivity contribution in [3.8, 4) is 0 Å². The maximum atomic E-state index is 6.23. The van der Waals surface area contributed by atoms with Crippen molar-refractivity contribution in [1.82, 2.24) is 5.32 Å². The average Bonchev–Trinajstić information content (AvgIpc) is 2.19. The van der Waals surface area contributed by atoms with Crippen molar-refractivity contribution in [2.24, 2.45) is 0 Å². The van der Waals surface area contributed by atoms with Crippen LogP contribution in [0, 0.1) is 0 Å². The van der Waals surface area contributed by atoms with Gasteiger partial charge < -0.3 is 0 Å². The first-order valence-corrected chi connectivity index (χ1v) is 6.46. The highest BCUT2D eigenvalue weighted by molar-refractivity contribution is 6.20. The van der Waals surface area contributed by atoms with Crippen molar-refractivity contribution in [2.75, 3.05) is 0 Å². The Bertz CT molecular complexity index is 147. The van der Waals surface area contributed by atoms with E-state index in [2.05, 4.69) is 13.8 Å². The zero-order chi connectivity index (χ0) is 10.4. The Morgan fingerprint density at radius 3 is 2.43 bits per heavy atom. The molecule has 1 radical (unpaired) electrons. The first-order chi connectivity index (χ1) is 6.68. The van der Waals surface area contributed by atoms with E-state index >= 15 is 0 Å². The second kappa shape index (κ2) is 6.68. The SMILES string of the molecule is CC(C)[N]C1CCCCCC(Cl)CC1. The lowest BCUT2D eigenvalue weighted by molar-refractivity contribution is 0.393. The summed E-state index contributed by atoms with van der Waals surface area (Å²) in [7, 11) is 0. The molecule has 1 fully saturated rings. The highest BCUT2D eigenvalue weighted by atomic mass is 35.5. The number of hydrogen-bond acceptors (Lipinski definition) is 0. The summed E-state index contributed by atoms with van der Waals surface area (Å²) >= 11 is 6.23. The summed E-state index contributed by atoms with van der Waals surface area (Å²) in [5.41, 5.74) is 0. The zero-order valence-electron chi connectivity index (χ0n) is 9.51. The summed E-state index contributed by atoms with van der Waals surface area (Å²) in [6.45, 7) is 4.34. The second-order valence-electron chi connectivity index (χ2n) is 4.71. The van der Waals surface area contributed by atoms with Crippen LogP contribution in [0.4, 0.5) is 0 Å². The molecule has 2 atom stereocenters. The monoisotopic (exact) mass is 216 g/mol. The number of alkyl halides is 1. The van der Waals surface area contributed by atoms with Gasteiger partial charge >= 0.3 is 0 Å². The van der Waals surface area contributed by atoms with Gasteiger partial charge in [-0.2, -0.15) is 0 Å². The smallest absolute Gasteiger partial charge is 0.0336 e. The molecular formula is C12H23ClN. The van der Waals surface area contributed by atoms with Crippen molar-refractivity contribution < 1.29 is 0 Å². The molecule has 1 saturated carbocycles. The lowest BCUT2D eigenvalue weighted by Crippen LogP contribution is -2.28. The van der Waals surface area contributed by atoms with Crippen LogP contribution in [-0.4, -0.2) is 17.5 Å². The van der Waals surface area contributed by atoms with Gasteiger partial charge in [-0.1, -0.05) is 19.3 Å². The average molecular weight is 217 g/mol. The first kappa shape index (κ1) is 12.3. The lowest BCUT2D eigenvalue weighted by Gasteiger charge is -2.18. The molecule has 0 bridgehead atoms. The Morgan fingerprint density at radius 2 is 1.71 bits per heavy atom. The van der Waals surface area contributed by atoms with E-state index in [0.29, 0.717) is 17.5 Å². The summed E-state index contributed by atoms with van der Waals surface area (Å²) in [5.74, 6) is 0. The topological polar surface area (TPSA) is 14.1 Å². The fourth-order valence-corrected chi connectivity index (χ4v) is 2.44. The normalized spacial score (nSPS) is 30.9. The van der Waals surface area contributed by atoms with Crippen molar-refractivity contribution in [3.05, 3.63) is 0 Å². The van der Waals surface area contributed by atoms with Gasteiger partial charge in [0.05, 0.1) is 0 Å². The minimum absolute atomic E-state index is 0.401. The van der Waals surface area contributed by atoms with Gasteiger partial charge in [0.2, 0.25) is 0 Å². The van der Waals surface area contributed by atoms with Crippen LogP contribution in [0.3, 0.4) is 0 Å². The second-order valence-corrected chi connectivity index (χ2v) is 5.33. The Kier molecular flexibility index (Phi) is 5.88. The number of rotatable bonds is 2. The first-order valence-electron chi connectivity index (χ1n) is 6.02. The van der Waals surface area contributed by atoms with E-state index in [9.17, 15) is 0 Å². The predicted octanol–water partition coefficient (Wildman–Crippen LogP) is 3.72. The van der Waals surface area contributed by atoms with Gasteiger partial charge in [0.15, 0.2) is 0 Å². The molecule has 0 saturated heterocycles. The molecule has 0 aliphatic heterocycles. The van der Waals surface area contributed by atoms with Crippen LogP contribution in [0.5, 0.6) is 0 Å². The minimum atomic E-state index is 0.401. The summed E-state index contributed by atoms with van der Waals surface area (Å²) in [6, 6.07) is 1.06. The van der Waals surface area contributed by atoms with E-state index in [4.69, 9.17) is 16.9 Å². The minimum Gasteiger partial charge on any atom is -0.236 e. The van der Waals surface area contributed by atoms with Crippen LogP contribution in [0.2, 0.25) is 0 Å². The van der Waals surface area contributed by atoms with Gasteiger partial charge in [0.25, 0.3) is 0 Å². The van der Waals surface area contributed by atoms with Gasteiger partial charge in [-0.15, -0.1) is 11.6 Å². The van der Waals surface area contributed by atoms with Crippen LogP contribution in [-0.2, 0) is 0 Å². The van der Waals surface area contributed by atoms with Crippen molar-refractivity contribution in [1.29, 1.82) is 0 Å². The van der Waals surface area contributed by atoms with Crippen LogP contribution >= 0.6 is 11.6 Å². The fraction of sp³-hybridized carbons (Fsp3) is 1.00. The molecule has 0 spiro atoms.